The average molecular weight is 244 g/mol. The predicted octanol–water partition coefficient (Wildman–Crippen LogP) is 2.78. The van der Waals surface area contributed by atoms with E-state index in [1.54, 1.807) is 10.9 Å². The third kappa shape index (κ3) is 2.42. The van der Waals surface area contributed by atoms with Gasteiger partial charge in [0, 0.05) is 6.20 Å². The fourth-order valence-corrected chi connectivity index (χ4v) is 1.69. The summed E-state index contributed by atoms with van der Waals surface area (Å²) in [5.41, 5.74) is 2.16. The van der Waals surface area contributed by atoms with Gasteiger partial charge in [-0.3, -0.25) is 4.79 Å². The smallest absolute Gasteiger partial charge is 0.153 e. The largest absolute Gasteiger partial charge is 0.491 e. The Labute approximate surface area is 106 Å². The van der Waals surface area contributed by atoms with E-state index >= 15 is 0 Å². The van der Waals surface area contributed by atoms with E-state index in [9.17, 15) is 4.79 Å². The van der Waals surface area contributed by atoms with Gasteiger partial charge in [-0.2, -0.15) is 5.10 Å². The topological polar surface area (TPSA) is 44.1 Å². The SMILES string of the molecule is CCCOc1ccccc1-n1cc(C=O)c(C)n1. The molecule has 18 heavy (non-hydrogen) atoms. The first kappa shape index (κ1) is 12.4. The summed E-state index contributed by atoms with van der Waals surface area (Å²) in [5.74, 6) is 0.777. The van der Waals surface area contributed by atoms with E-state index in [0.717, 1.165) is 29.8 Å². The summed E-state index contributed by atoms with van der Waals surface area (Å²) in [6.07, 6.45) is 3.48. The Morgan fingerprint density at radius 2 is 2.17 bits per heavy atom. The molecule has 0 saturated carbocycles. The van der Waals surface area contributed by atoms with E-state index in [1.165, 1.54) is 0 Å². The van der Waals surface area contributed by atoms with E-state index in [2.05, 4.69) is 12.0 Å². The first-order chi connectivity index (χ1) is 8.76. The van der Waals surface area contributed by atoms with Crippen LogP contribution >= 0.6 is 0 Å². The van der Waals surface area contributed by atoms with Crippen LogP contribution in [0.2, 0.25) is 0 Å². The molecular formula is C14H16N2O2. The molecule has 0 spiro atoms. The van der Waals surface area contributed by atoms with Gasteiger partial charge in [0.2, 0.25) is 0 Å². The highest BCUT2D eigenvalue weighted by molar-refractivity contribution is 5.76. The number of ether oxygens (including phenoxy) is 1. The number of hydrogen-bond donors (Lipinski definition) is 0. The molecule has 0 aliphatic carbocycles. The van der Waals surface area contributed by atoms with Crippen molar-refractivity contribution < 1.29 is 9.53 Å². The van der Waals surface area contributed by atoms with Crippen LogP contribution in [0.15, 0.2) is 30.5 Å². The number of aldehydes is 1. The second kappa shape index (κ2) is 5.49. The average Bonchev–Trinajstić information content (AvgIpc) is 2.78. The summed E-state index contributed by atoms with van der Waals surface area (Å²) < 4.78 is 7.36. The molecule has 1 aromatic carbocycles. The lowest BCUT2D eigenvalue weighted by Crippen LogP contribution is -2.02. The molecule has 2 rings (SSSR count). The molecule has 2 aromatic rings. The van der Waals surface area contributed by atoms with Crippen LogP contribution in [0.1, 0.15) is 29.4 Å². The van der Waals surface area contributed by atoms with E-state index in [4.69, 9.17) is 4.74 Å². The van der Waals surface area contributed by atoms with Gasteiger partial charge in [0.15, 0.2) is 6.29 Å². The Morgan fingerprint density at radius 3 is 2.83 bits per heavy atom. The minimum Gasteiger partial charge on any atom is -0.491 e. The molecule has 0 saturated heterocycles. The number of nitrogens with zero attached hydrogens (tertiary/aromatic N) is 2. The number of para-hydroxylation sites is 2. The zero-order chi connectivity index (χ0) is 13.0. The van der Waals surface area contributed by atoms with Crippen LogP contribution in [-0.4, -0.2) is 22.7 Å². The number of rotatable bonds is 5. The van der Waals surface area contributed by atoms with Crippen molar-refractivity contribution in [2.75, 3.05) is 6.61 Å². The number of carbonyl (C=O) groups is 1. The van der Waals surface area contributed by atoms with Crippen molar-refractivity contribution in [1.82, 2.24) is 9.78 Å². The molecule has 1 aromatic heterocycles. The molecular weight excluding hydrogens is 228 g/mol. The lowest BCUT2D eigenvalue weighted by atomic mass is 10.3. The zero-order valence-corrected chi connectivity index (χ0v) is 10.6. The molecule has 94 valence electrons. The molecule has 0 atom stereocenters. The second-order valence-corrected chi connectivity index (χ2v) is 4.05. The number of aromatic nitrogens is 2. The van der Waals surface area contributed by atoms with Gasteiger partial charge in [-0.1, -0.05) is 19.1 Å². The van der Waals surface area contributed by atoms with Crippen LogP contribution in [0.25, 0.3) is 5.69 Å². The van der Waals surface area contributed by atoms with Crippen LogP contribution in [-0.2, 0) is 0 Å². The predicted molar refractivity (Wildman–Crippen MR) is 69.5 cm³/mol. The fourth-order valence-electron chi connectivity index (χ4n) is 1.69. The van der Waals surface area contributed by atoms with Gasteiger partial charge in [-0.05, 0) is 25.5 Å². The summed E-state index contributed by atoms with van der Waals surface area (Å²) in [6, 6.07) is 7.67. The van der Waals surface area contributed by atoms with Crippen molar-refractivity contribution in [3.8, 4) is 11.4 Å². The van der Waals surface area contributed by atoms with Gasteiger partial charge in [0.05, 0.1) is 17.9 Å². The quantitative estimate of drug-likeness (QED) is 0.760. The number of aryl methyl sites for hydroxylation is 1. The summed E-state index contributed by atoms with van der Waals surface area (Å²) in [4.78, 5) is 10.8. The third-order valence-corrected chi connectivity index (χ3v) is 2.64. The maximum absolute atomic E-state index is 10.8. The molecule has 4 heteroatoms. The Balaban J connectivity index is 2.39. The Morgan fingerprint density at radius 1 is 1.39 bits per heavy atom. The minimum atomic E-state index is 0.597. The Kier molecular flexibility index (Phi) is 3.77. The molecule has 0 unspecified atom stereocenters. The molecule has 0 bridgehead atoms. The zero-order valence-electron chi connectivity index (χ0n) is 10.6. The maximum atomic E-state index is 10.8. The summed E-state index contributed by atoms with van der Waals surface area (Å²) in [6.45, 7) is 4.54. The van der Waals surface area contributed by atoms with Crippen LogP contribution in [0.3, 0.4) is 0 Å². The summed E-state index contributed by atoms with van der Waals surface area (Å²) in [5, 5.41) is 4.33. The van der Waals surface area contributed by atoms with Crippen molar-refractivity contribution >= 4 is 6.29 Å². The van der Waals surface area contributed by atoms with Crippen LogP contribution in [0, 0.1) is 6.92 Å². The highest BCUT2D eigenvalue weighted by atomic mass is 16.5. The van der Waals surface area contributed by atoms with Crippen molar-refractivity contribution in [2.45, 2.75) is 20.3 Å². The van der Waals surface area contributed by atoms with Gasteiger partial charge >= 0.3 is 0 Å². The highest BCUT2D eigenvalue weighted by Gasteiger charge is 2.09. The lowest BCUT2D eigenvalue weighted by molar-refractivity contribution is 0.112. The van der Waals surface area contributed by atoms with Crippen molar-refractivity contribution in [3.05, 3.63) is 41.7 Å². The molecule has 1 heterocycles. The van der Waals surface area contributed by atoms with Crippen LogP contribution in [0.4, 0.5) is 0 Å². The van der Waals surface area contributed by atoms with Crippen molar-refractivity contribution in [1.29, 1.82) is 0 Å². The first-order valence-electron chi connectivity index (χ1n) is 6.00. The molecule has 0 N–H and O–H groups in total. The summed E-state index contributed by atoms with van der Waals surface area (Å²) in [7, 11) is 0. The molecule has 0 amide bonds. The van der Waals surface area contributed by atoms with Gasteiger partial charge in [0.1, 0.15) is 11.4 Å². The first-order valence-corrected chi connectivity index (χ1v) is 6.00. The van der Waals surface area contributed by atoms with Crippen LogP contribution in [0.5, 0.6) is 5.75 Å². The van der Waals surface area contributed by atoms with E-state index in [-0.39, 0.29) is 0 Å². The van der Waals surface area contributed by atoms with E-state index in [0.29, 0.717) is 12.2 Å². The van der Waals surface area contributed by atoms with Crippen molar-refractivity contribution in [3.63, 3.8) is 0 Å². The fraction of sp³-hybridized carbons (Fsp3) is 0.286. The van der Waals surface area contributed by atoms with Gasteiger partial charge in [0.25, 0.3) is 0 Å². The highest BCUT2D eigenvalue weighted by Crippen LogP contribution is 2.22. The van der Waals surface area contributed by atoms with Gasteiger partial charge in [-0.25, -0.2) is 4.68 Å². The second-order valence-electron chi connectivity index (χ2n) is 4.05. The van der Waals surface area contributed by atoms with Gasteiger partial charge < -0.3 is 4.74 Å². The number of benzene rings is 1. The van der Waals surface area contributed by atoms with E-state index in [1.807, 2.05) is 31.2 Å². The monoisotopic (exact) mass is 244 g/mol. The standard InChI is InChI=1S/C14H16N2O2/c1-3-8-18-14-7-5-4-6-13(14)16-9-12(10-17)11(2)15-16/h4-7,9-10H,3,8H2,1-2H3. The molecule has 4 nitrogen and oxygen atoms in total. The molecule has 0 aliphatic heterocycles. The lowest BCUT2D eigenvalue weighted by Gasteiger charge is -2.10. The number of hydrogen-bond acceptors (Lipinski definition) is 3. The third-order valence-electron chi connectivity index (χ3n) is 2.64. The maximum Gasteiger partial charge on any atom is 0.153 e. The molecule has 0 fully saturated rings. The van der Waals surface area contributed by atoms with E-state index < -0.39 is 0 Å². The Bertz CT molecular complexity index is 546. The minimum absolute atomic E-state index is 0.597. The van der Waals surface area contributed by atoms with Crippen molar-refractivity contribution in [2.24, 2.45) is 0 Å². The normalized spacial score (nSPS) is 10.3. The number of carbonyl (C=O) groups excluding carboxylic acids is 1. The van der Waals surface area contributed by atoms with Gasteiger partial charge in [-0.15, -0.1) is 0 Å². The van der Waals surface area contributed by atoms with Crippen LogP contribution < -0.4 is 4.74 Å². The summed E-state index contributed by atoms with van der Waals surface area (Å²) >= 11 is 0. The molecule has 0 aliphatic rings. The Hall–Kier alpha value is -2.10. The molecule has 0 radical (unpaired) electrons.